The topological polar surface area (TPSA) is 88.2 Å². The summed E-state index contributed by atoms with van der Waals surface area (Å²) in [7, 11) is 3.00. The number of nitrogen functional groups attached to an aromatic ring is 1. The number of aromatic nitrogens is 2. The summed E-state index contributed by atoms with van der Waals surface area (Å²) in [5.74, 6) is -0.271. The molecule has 1 heterocycles. The monoisotopic (exact) mass is 338 g/mol. The predicted molar refractivity (Wildman–Crippen MR) is 89.0 cm³/mol. The molecule has 128 valence electrons. The SMILES string of the molecule is CN=Cc1cc(C)c(Nc2ncc(C(F)(F)F)c(NC)n2)cc1N. The van der Waals surface area contributed by atoms with E-state index in [0.29, 0.717) is 11.4 Å². The lowest BCUT2D eigenvalue weighted by Gasteiger charge is -2.14. The molecule has 0 saturated heterocycles. The first-order valence-corrected chi connectivity index (χ1v) is 6.97. The van der Waals surface area contributed by atoms with Gasteiger partial charge in [-0.2, -0.15) is 18.2 Å². The number of rotatable bonds is 4. The third kappa shape index (κ3) is 3.73. The van der Waals surface area contributed by atoms with Crippen LogP contribution in [0.5, 0.6) is 0 Å². The molecule has 0 atom stereocenters. The summed E-state index contributed by atoms with van der Waals surface area (Å²) >= 11 is 0. The van der Waals surface area contributed by atoms with Crippen molar-refractivity contribution in [3.05, 3.63) is 35.0 Å². The molecule has 0 aliphatic heterocycles. The van der Waals surface area contributed by atoms with E-state index in [9.17, 15) is 13.2 Å². The Morgan fingerprint density at radius 2 is 2.00 bits per heavy atom. The predicted octanol–water partition coefficient (Wildman–Crippen LogP) is 3.22. The first-order valence-electron chi connectivity index (χ1n) is 6.97. The van der Waals surface area contributed by atoms with Crippen LogP contribution in [0.2, 0.25) is 0 Å². The van der Waals surface area contributed by atoms with Crippen LogP contribution in [0.1, 0.15) is 16.7 Å². The van der Waals surface area contributed by atoms with Gasteiger partial charge in [0.1, 0.15) is 11.4 Å². The maximum Gasteiger partial charge on any atom is 0.421 e. The Hall–Kier alpha value is -2.84. The van der Waals surface area contributed by atoms with Crippen molar-refractivity contribution in [3.63, 3.8) is 0 Å². The molecule has 0 aliphatic rings. The summed E-state index contributed by atoms with van der Waals surface area (Å²) < 4.78 is 38.6. The number of benzene rings is 1. The molecule has 24 heavy (non-hydrogen) atoms. The fraction of sp³-hybridized carbons (Fsp3) is 0.267. The second-order valence-corrected chi connectivity index (χ2v) is 5.01. The van der Waals surface area contributed by atoms with Gasteiger partial charge in [0.15, 0.2) is 0 Å². The summed E-state index contributed by atoms with van der Waals surface area (Å²) in [4.78, 5) is 11.5. The maximum atomic E-state index is 12.9. The van der Waals surface area contributed by atoms with E-state index in [-0.39, 0.29) is 11.8 Å². The molecule has 0 unspecified atom stereocenters. The highest BCUT2D eigenvalue weighted by Crippen LogP contribution is 2.34. The van der Waals surface area contributed by atoms with Crippen molar-refractivity contribution in [1.29, 1.82) is 0 Å². The lowest BCUT2D eigenvalue weighted by Crippen LogP contribution is -2.12. The number of halogens is 3. The van der Waals surface area contributed by atoms with Crippen molar-refractivity contribution < 1.29 is 13.2 Å². The molecule has 2 rings (SSSR count). The second kappa shape index (κ2) is 6.73. The van der Waals surface area contributed by atoms with E-state index < -0.39 is 11.7 Å². The van der Waals surface area contributed by atoms with Gasteiger partial charge in [-0.15, -0.1) is 0 Å². The number of nitrogens with two attached hydrogens (primary N) is 1. The summed E-state index contributed by atoms with van der Waals surface area (Å²) in [5.41, 5.74) is 7.67. The number of nitrogens with one attached hydrogen (secondary N) is 2. The minimum absolute atomic E-state index is 0.0340. The molecule has 1 aromatic heterocycles. The minimum Gasteiger partial charge on any atom is -0.398 e. The molecule has 0 radical (unpaired) electrons. The normalized spacial score (nSPS) is 11.8. The van der Waals surface area contributed by atoms with Crippen molar-refractivity contribution in [1.82, 2.24) is 9.97 Å². The zero-order valence-electron chi connectivity index (χ0n) is 13.4. The highest BCUT2D eigenvalue weighted by Gasteiger charge is 2.35. The number of hydrogen-bond acceptors (Lipinski definition) is 6. The van der Waals surface area contributed by atoms with Crippen LogP contribution in [0.4, 0.5) is 36.3 Å². The molecule has 0 bridgehead atoms. The average Bonchev–Trinajstić information content (AvgIpc) is 2.51. The third-order valence-electron chi connectivity index (χ3n) is 3.28. The molecular weight excluding hydrogens is 321 g/mol. The molecule has 2 aromatic rings. The maximum absolute atomic E-state index is 12.9. The van der Waals surface area contributed by atoms with Gasteiger partial charge in [-0.25, -0.2) is 4.98 Å². The molecular formula is C15H17F3N6. The number of anilines is 4. The number of hydrogen-bond donors (Lipinski definition) is 3. The Morgan fingerprint density at radius 3 is 2.58 bits per heavy atom. The van der Waals surface area contributed by atoms with Crippen molar-refractivity contribution in [2.75, 3.05) is 30.5 Å². The van der Waals surface area contributed by atoms with Crippen molar-refractivity contribution in [2.45, 2.75) is 13.1 Å². The Bertz CT molecular complexity index is 771. The Labute approximate surface area is 137 Å². The first kappa shape index (κ1) is 17.5. The van der Waals surface area contributed by atoms with Crippen molar-refractivity contribution >= 4 is 29.4 Å². The first-order chi connectivity index (χ1) is 11.3. The van der Waals surface area contributed by atoms with Gasteiger partial charge in [-0.1, -0.05) is 0 Å². The zero-order chi connectivity index (χ0) is 17.9. The van der Waals surface area contributed by atoms with E-state index >= 15 is 0 Å². The minimum atomic E-state index is -4.53. The highest BCUT2D eigenvalue weighted by molar-refractivity contribution is 5.89. The zero-order valence-corrected chi connectivity index (χ0v) is 13.4. The van der Waals surface area contributed by atoms with Crippen LogP contribution >= 0.6 is 0 Å². The van der Waals surface area contributed by atoms with Crippen LogP contribution < -0.4 is 16.4 Å². The van der Waals surface area contributed by atoms with Gasteiger partial charge >= 0.3 is 6.18 Å². The van der Waals surface area contributed by atoms with Gasteiger partial charge in [-0.3, -0.25) is 4.99 Å². The summed E-state index contributed by atoms with van der Waals surface area (Å²) in [6.07, 6.45) is -2.17. The fourth-order valence-corrected chi connectivity index (χ4v) is 2.09. The quantitative estimate of drug-likeness (QED) is 0.588. The largest absolute Gasteiger partial charge is 0.421 e. The number of alkyl halides is 3. The molecule has 6 nitrogen and oxygen atoms in total. The molecule has 4 N–H and O–H groups in total. The molecule has 0 saturated carbocycles. The van der Waals surface area contributed by atoms with Gasteiger partial charge in [0.25, 0.3) is 0 Å². The summed E-state index contributed by atoms with van der Waals surface area (Å²) in [5, 5.41) is 5.31. The van der Waals surface area contributed by atoms with Crippen LogP contribution in [0, 0.1) is 6.92 Å². The summed E-state index contributed by atoms with van der Waals surface area (Å²) in [6, 6.07) is 3.47. The Morgan fingerprint density at radius 1 is 1.29 bits per heavy atom. The van der Waals surface area contributed by atoms with E-state index in [1.165, 1.54) is 7.05 Å². The van der Waals surface area contributed by atoms with Crippen LogP contribution in [0.25, 0.3) is 0 Å². The lowest BCUT2D eigenvalue weighted by atomic mass is 10.1. The lowest BCUT2D eigenvalue weighted by molar-refractivity contribution is -0.137. The molecule has 0 fully saturated rings. The summed E-state index contributed by atoms with van der Waals surface area (Å²) in [6.45, 7) is 1.83. The standard InChI is InChI=1S/C15H17F3N6/c1-8-4-9(6-20-2)11(19)5-12(8)23-14-22-7-10(15(16,17)18)13(21-3)24-14/h4-7H,19H2,1-3H3,(H2,21,22,23,24). The number of aryl methyl sites for hydroxylation is 1. The van der Waals surface area contributed by atoms with E-state index in [1.807, 2.05) is 13.0 Å². The molecule has 9 heteroatoms. The van der Waals surface area contributed by atoms with E-state index in [2.05, 4.69) is 25.6 Å². The average molecular weight is 338 g/mol. The van der Waals surface area contributed by atoms with Crippen LogP contribution in [-0.4, -0.2) is 30.3 Å². The number of aliphatic imine (C=N–C) groups is 1. The van der Waals surface area contributed by atoms with E-state index in [4.69, 9.17) is 5.73 Å². The second-order valence-electron chi connectivity index (χ2n) is 5.01. The smallest absolute Gasteiger partial charge is 0.398 e. The highest BCUT2D eigenvalue weighted by atomic mass is 19.4. The number of nitrogens with zero attached hydrogens (tertiary/aromatic N) is 3. The van der Waals surface area contributed by atoms with Gasteiger partial charge < -0.3 is 16.4 Å². The van der Waals surface area contributed by atoms with E-state index in [0.717, 1.165) is 17.3 Å². The van der Waals surface area contributed by atoms with Crippen LogP contribution in [-0.2, 0) is 6.18 Å². The van der Waals surface area contributed by atoms with Crippen LogP contribution in [0.3, 0.4) is 0 Å². The van der Waals surface area contributed by atoms with E-state index in [1.54, 1.807) is 19.3 Å². The Balaban J connectivity index is 2.37. The molecule has 0 spiro atoms. The van der Waals surface area contributed by atoms with Gasteiger partial charge in [0, 0.05) is 43.4 Å². The van der Waals surface area contributed by atoms with Gasteiger partial charge in [-0.05, 0) is 24.6 Å². The molecule has 0 aliphatic carbocycles. The van der Waals surface area contributed by atoms with Crippen molar-refractivity contribution in [2.24, 2.45) is 4.99 Å². The Kier molecular flexibility index (Phi) is 4.91. The molecule has 1 aromatic carbocycles. The van der Waals surface area contributed by atoms with Crippen LogP contribution in [0.15, 0.2) is 23.3 Å². The molecule has 0 amide bonds. The fourth-order valence-electron chi connectivity index (χ4n) is 2.09. The van der Waals surface area contributed by atoms with Gasteiger partial charge in [0.2, 0.25) is 5.95 Å². The van der Waals surface area contributed by atoms with Gasteiger partial charge in [0.05, 0.1) is 0 Å². The third-order valence-corrected chi connectivity index (χ3v) is 3.28. The van der Waals surface area contributed by atoms with Crippen molar-refractivity contribution in [3.8, 4) is 0 Å².